The lowest BCUT2D eigenvalue weighted by molar-refractivity contribution is 0.102. The number of anilines is 2. The standard InChI is InChI=1S/C21H29N5O4S/c1-26(17-6-4-3-5-7-17)20-14-19(22-15-23-20)21(27)25-16-8-10-18(11-9-16)31(28,29)24-12-13-30-2/h8-11,14-15,17,24H,3-7,12-13H2,1-2H3,(H,25,27). The number of nitrogens with zero attached hydrogens (tertiary/aromatic N) is 3. The number of amides is 1. The molecule has 1 fully saturated rings. The highest BCUT2D eigenvalue weighted by Gasteiger charge is 2.20. The average Bonchev–Trinajstić information content (AvgIpc) is 2.79. The zero-order chi connectivity index (χ0) is 22.3. The van der Waals surface area contributed by atoms with Gasteiger partial charge in [-0.3, -0.25) is 4.79 Å². The second-order valence-electron chi connectivity index (χ2n) is 7.53. The summed E-state index contributed by atoms with van der Waals surface area (Å²) >= 11 is 0. The Hall–Kier alpha value is -2.56. The highest BCUT2D eigenvalue weighted by Crippen LogP contribution is 2.25. The first kappa shape index (κ1) is 23.1. The molecular weight excluding hydrogens is 418 g/mol. The summed E-state index contributed by atoms with van der Waals surface area (Å²) in [6, 6.07) is 8.06. The molecule has 1 amide bonds. The van der Waals surface area contributed by atoms with Crippen molar-refractivity contribution >= 4 is 27.4 Å². The van der Waals surface area contributed by atoms with Gasteiger partial charge in [-0.25, -0.2) is 23.1 Å². The summed E-state index contributed by atoms with van der Waals surface area (Å²) in [5.41, 5.74) is 0.729. The number of carbonyl (C=O) groups excluding carboxylic acids is 1. The Morgan fingerprint density at radius 3 is 2.55 bits per heavy atom. The second kappa shape index (κ2) is 10.7. The predicted molar refractivity (Wildman–Crippen MR) is 119 cm³/mol. The molecule has 0 spiro atoms. The molecule has 1 aliphatic carbocycles. The average molecular weight is 448 g/mol. The number of ether oxygens (including phenoxy) is 1. The Labute approximate surface area is 183 Å². The van der Waals surface area contributed by atoms with E-state index >= 15 is 0 Å². The van der Waals surface area contributed by atoms with E-state index in [4.69, 9.17) is 4.74 Å². The van der Waals surface area contributed by atoms with E-state index < -0.39 is 10.0 Å². The molecule has 0 saturated heterocycles. The number of aromatic nitrogens is 2. The molecule has 0 radical (unpaired) electrons. The van der Waals surface area contributed by atoms with Crippen molar-refractivity contribution in [1.29, 1.82) is 0 Å². The van der Waals surface area contributed by atoms with E-state index in [2.05, 4.69) is 24.9 Å². The summed E-state index contributed by atoms with van der Waals surface area (Å²) in [5.74, 6) is 0.338. The normalized spacial score (nSPS) is 14.9. The van der Waals surface area contributed by atoms with Crippen LogP contribution < -0.4 is 14.9 Å². The van der Waals surface area contributed by atoms with E-state index in [9.17, 15) is 13.2 Å². The van der Waals surface area contributed by atoms with Crippen molar-refractivity contribution in [2.75, 3.05) is 37.5 Å². The molecule has 1 aliphatic rings. The van der Waals surface area contributed by atoms with Gasteiger partial charge in [-0.05, 0) is 37.1 Å². The molecule has 1 saturated carbocycles. The fourth-order valence-electron chi connectivity index (χ4n) is 3.59. The lowest BCUT2D eigenvalue weighted by Crippen LogP contribution is -2.34. The van der Waals surface area contributed by atoms with Crippen molar-refractivity contribution < 1.29 is 17.9 Å². The van der Waals surface area contributed by atoms with Gasteiger partial charge in [0, 0.05) is 38.5 Å². The highest BCUT2D eigenvalue weighted by atomic mass is 32.2. The van der Waals surface area contributed by atoms with Crippen LogP contribution in [0.15, 0.2) is 41.6 Å². The van der Waals surface area contributed by atoms with Crippen molar-refractivity contribution in [2.45, 2.75) is 43.0 Å². The van der Waals surface area contributed by atoms with Gasteiger partial charge in [0.25, 0.3) is 5.91 Å². The zero-order valence-corrected chi connectivity index (χ0v) is 18.7. The van der Waals surface area contributed by atoms with Gasteiger partial charge < -0.3 is 15.0 Å². The molecule has 0 aliphatic heterocycles. The van der Waals surface area contributed by atoms with Crippen molar-refractivity contribution in [3.05, 3.63) is 42.4 Å². The number of nitrogens with one attached hydrogen (secondary N) is 2. The first-order valence-corrected chi connectivity index (χ1v) is 11.8. The molecule has 0 bridgehead atoms. The Morgan fingerprint density at radius 1 is 1.16 bits per heavy atom. The molecule has 10 heteroatoms. The van der Waals surface area contributed by atoms with Crippen molar-refractivity contribution in [3.63, 3.8) is 0 Å². The third kappa shape index (κ3) is 6.22. The first-order chi connectivity index (χ1) is 14.9. The van der Waals surface area contributed by atoms with Crippen LogP contribution in [0, 0.1) is 0 Å². The molecule has 2 N–H and O–H groups in total. The summed E-state index contributed by atoms with van der Waals surface area (Å²) in [7, 11) is -0.124. The topological polar surface area (TPSA) is 114 Å². The number of hydrogen-bond donors (Lipinski definition) is 2. The molecule has 2 aromatic rings. The molecule has 168 valence electrons. The van der Waals surface area contributed by atoms with Gasteiger partial charge >= 0.3 is 0 Å². The van der Waals surface area contributed by atoms with Crippen LogP contribution in [0.3, 0.4) is 0 Å². The molecule has 9 nitrogen and oxygen atoms in total. The van der Waals surface area contributed by atoms with Crippen LogP contribution in [0.4, 0.5) is 11.5 Å². The van der Waals surface area contributed by atoms with Gasteiger partial charge in [0.15, 0.2) is 0 Å². The maximum absolute atomic E-state index is 12.7. The minimum atomic E-state index is -3.62. The van der Waals surface area contributed by atoms with Crippen molar-refractivity contribution in [3.8, 4) is 0 Å². The number of benzene rings is 1. The fraction of sp³-hybridized carbons (Fsp3) is 0.476. The molecule has 1 aromatic heterocycles. The van der Waals surface area contributed by atoms with Crippen LogP contribution in [-0.2, 0) is 14.8 Å². The van der Waals surface area contributed by atoms with Gasteiger partial charge in [0.2, 0.25) is 10.0 Å². The Morgan fingerprint density at radius 2 is 1.87 bits per heavy atom. The van der Waals surface area contributed by atoms with Crippen LogP contribution in [0.25, 0.3) is 0 Å². The van der Waals surface area contributed by atoms with Crippen molar-refractivity contribution in [1.82, 2.24) is 14.7 Å². The molecule has 0 unspecified atom stereocenters. The lowest BCUT2D eigenvalue weighted by atomic mass is 9.94. The summed E-state index contributed by atoms with van der Waals surface area (Å²) in [6.07, 6.45) is 7.33. The monoisotopic (exact) mass is 447 g/mol. The van der Waals surface area contributed by atoms with Crippen LogP contribution in [0.5, 0.6) is 0 Å². The van der Waals surface area contributed by atoms with Gasteiger partial charge in [-0.1, -0.05) is 19.3 Å². The smallest absolute Gasteiger partial charge is 0.274 e. The van der Waals surface area contributed by atoms with Gasteiger partial charge in [-0.2, -0.15) is 0 Å². The zero-order valence-electron chi connectivity index (χ0n) is 17.9. The van der Waals surface area contributed by atoms with Crippen LogP contribution in [0.2, 0.25) is 0 Å². The van der Waals surface area contributed by atoms with E-state index in [0.717, 1.165) is 18.7 Å². The number of methoxy groups -OCH3 is 1. The lowest BCUT2D eigenvalue weighted by Gasteiger charge is -2.32. The van der Waals surface area contributed by atoms with E-state index in [1.807, 2.05) is 7.05 Å². The SMILES string of the molecule is COCCNS(=O)(=O)c1ccc(NC(=O)c2cc(N(C)C3CCCCC3)ncn2)cc1. The summed E-state index contributed by atoms with van der Waals surface area (Å²) < 4.78 is 31.7. The molecule has 31 heavy (non-hydrogen) atoms. The maximum atomic E-state index is 12.7. The third-order valence-corrected chi connectivity index (χ3v) is 6.87. The molecular formula is C21H29N5O4S. The second-order valence-corrected chi connectivity index (χ2v) is 9.30. The largest absolute Gasteiger partial charge is 0.383 e. The number of carbonyl (C=O) groups is 1. The Kier molecular flexibility index (Phi) is 7.94. The Balaban J connectivity index is 1.65. The minimum Gasteiger partial charge on any atom is -0.383 e. The first-order valence-electron chi connectivity index (χ1n) is 10.4. The summed E-state index contributed by atoms with van der Waals surface area (Å²) in [4.78, 5) is 23.3. The van der Waals surface area contributed by atoms with E-state index in [-0.39, 0.29) is 29.6 Å². The molecule has 1 aromatic carbocycles. The molecule has 1 heterocycles. The minimum absolute atomic E-state index is 0.111. The summed E-state index contributed by atoms with van der Waals surface area (Å²) in [5, 5.41) is 2.75. The van der Waals surface area contributed by atoms with Crippen LogP contribution in [0.1, 0.15) is 42.6 Å². The van der Waals surface area contributed by atoms with Gasteiger partial charge in [0.1, 0.15) is 17.8 Å². The van der Waals surface area contributed by atoms with E-state index in [0.29, 0.717) is 11.7 Å². The summed E-state index contributed by atoms with van der Waals surface area (Å²) in [6.45, 7) is 0.465. The van der Waals surface area contributed by atoms with E-state index in [1.165, 1.54) is 44.8 Å². The number of rotatable bonds is 9. The molecule has 3 rings (SSSR count). The number of hydrogen-bond acceptors (Lipinski definition) is 7. The van der Waals surface area contributed by atoms with Gasteiger partial charge in [-0.15, -0.1) is 0 Å². The van der Waals surface area contributed by atoms with E-state index in [1.54, 1.807) is 18.2 Å². The Bertz CT molecular complexity index is 976. The van der Waals surface area contributed by atoms with Crippen molar-refractivity contribution in [2.24, 2.45) is 0 Å². The third-order valence-electron chi connectivity index (χ3n) is 5.39. The predicted octanol–water partition coefficient (Wildman–Crippen LogP) is 2.42. The maximum Gasteiger partial charge on any atom is 0.274 e. The van der Waals surface area contributed by atoms with Gasteiger partial charge in [0.05, 0.1) is 11.5 Å². The van der Waals surface area contributed by atoms with Crippen LogP contribution >= 0.6 is 0 Å². The highest BCUT2D eigenvalue weighted by molar-refractivity contribution is 7.89. The fourth-order valence-corrected chi connectivity index (χ4v) is 4.61. The quantitative estimate of drug-likeness (QED) is 0.568. The molecule has 0 atom stereocenters. The number of sulfonamides is 1. The van der Waals surface area contributed by atoms with Crippen LogP contribution in [-0.4, -0.2) is 57.6 Å².